The largest absolute Gasteiger partial charge is 0.494 e. The van der Waals surface area contributed by atoms with Gasteiger partial charge in [-0.2, -0.15) is 0 Å². The van der Waals surface area contributed by atoms with Gasteiger partial charge in [-0.15, -0.1) is 5.10 Å². The van der Waals surface area contributed by atoms with Crippen molar-refractivity contribution in [3.05, 3.63) is 42.7 Å². The Morgan fingerprint density at radius 3 is 2.78 bits per heavy atom. The summed E-state index contributed by atoms with van der Waals surface area (Å²) >= 11 is 0. The zero-order chi connectivity index (χ0) is 18.6. The van der Waals surface area contributed by atoms with E-state index in [0.29, 0.717) is 6.61 Å². The predicted molar refractivity (Wildman–Crippen MR) is 108 cm³/mol. The van der Waals surface area contributed by atoms with E-state index < -0.39 is 0 Å². The molecule has 3 heterocycles. The fourth-order valence-electron chi connectivity index (χ4n) is 3.38. The number of ether oxygens (including phenoxy) is 1. The van der Waals surface area contributed by atoms with Crippen molar-refractivity contribution in [3.8, 4) is 5.75 Å². The number of nitrogens with zero attached hydrogens (tertiary/aromatic N) is 5. The minimum Gasteiger partial charge on any atom is -0.494 e. The second-order valence-electron chi connectivity index (χ2n) is 6.84. The predicted octanol–water partition coefficient (Wildman–Crippen LogP) is 3.01. The third kappa shape index (κ3) is 3.98. The van der Waals surface area contributed by atoms with Gasteiger partial charge >= 0.3 is 0 Å². The average molecular weight is 366 g/mol. The number of aromatic nitrogens is 3. The summed E-state index contributed by atoms with van der Waals surface area (Å²) in [6.07, 6.45) is 4.82. The van der Waals surface area contributed by atoms with Crippen LogP contribution in [0.25, 0.3) is 5.65 Å². The zero-order valence-electron chi connectivity index (χ0n) is 15.9. The molecule has 1 fully saturated rings. The highest BCUT2D eigenvalue weighted by Gasteiger charge is 2.16. The first kappa shape index (κ1) is 17.6. The van der Waals surface area contributed by atoms with Gasteiger partial charge in [0.05, 0.1) is 12.3 Å². The Morgan fingerprint density at radius 1 is 1.11 bits per heavy atom. The molecule has 0 bridgehead atoms. The van der Waals surface area contributed by atoms with E-state index in [9.17, 15) is 0 Å². The Bertz CT molecular complexity index is 891. The number of hydrogen-bond acceptors (Lipinski definition) is 6. The minimum absolute atomic E-state index is 0.667. The summed E-state index contributed by atoms with van der Waals surface area (Å²) in [6.45, 7) is 6.82. The molecule has 1 aliphatic rings. The number of anilines is 3. The van der Waals surface area contributed by atoms with Gasteiger partial charge in [-0.1, -0.05) is 0 Å². The first-order valence-corrected chi connectivity index (χ1v) is 9.50. The van der Waals surface area contributed by atoms with Gasteiger partial charge in [0.2, 0.25) is 0 Å². The van der Waals surface area contributed by atoms with E-state index >= 15 is 0 Å². The fourth-order valence-corrected chi connectivity index (χ4v) is 3.38. The van der Waals surface area contributed by atoms with Crippen molar-refractivity contribution in [2.24, 2.45) is 0 Å². The summed E-state index contributed by atoms with van der Waals surface area (Å²) in [6, 6.07) is 10.1. The normalized spacial score (nSPS) is 15.7. The smallest absolute Gasteiger partial charge is 0.177 e. The molecule has 2 aromatic heterocycles. The summed E-state index contributed by atoms with van der Waals surface area (Å²) < 4.78 is 7.37. The van der Waals surface area contributed by atoms with Crippen molar-refractivity contribution >= 4 is 22.8 Å². The Morgan fingerprint density at radius 2 is 1.96 bits per heavy atom. The van der Waals surface area contributed by atoms with Crippen LogP contribution in [0.3, 0.4) is 0 Å². The molecule has 1 aliphatic heterocycles. The van der Waals surface area contributed by atoms with Crippen LogP contribution < -0.4 is 15.0 Å². The lowest BCUT2D eigenvalue weighted by molar-refractivity contribution is 0.340. The van der Waals surface area contributed by atoms with Gasteiger partial charge in [-0.05, 0) is 51.2 Å². The summed E-state index contributed by atoms with van der Waals surface area (Å²) in [5, 5.41) is 8.26. The molecule has 142 valence electrons. The van der Waals surface area contributed by atoms with Crippen LogP contribution in [-0.4, -0.2) is 59.3 Å². The standard InChI is InChI=1S/C20H26N6O/c1-3-27-17-7-5-16(6-8-17)22-18-15-19(23-26-12-9-21-20(18)26)25-11-4-10-24(2)13-14-25/h5-9,12,15,22H,3-4,10-11,13-14H2,1-2H3. The van der Waals surface area contributed by atoms with E-state index in [4.69, 9.17) is 9.84 Å². The number of nitrogens with one attached hydrogen (secondary N) is 1. The Balaban J connectivity index is 1.62. The second-order valence-corrected chi connectivity index (χ2v) is 6.84. The highest BCUT2D eigenvalue weighted by molar-refractivity contribution is 5.76. The molecule has 0 unspecified atom stereocenters. The molecule has 0 saturated carbocycles. The maximum Gasteiger partial charge on any atom is 0.177 e. The molecule has 0 spiro atoms. The summed E-state index contributed by atoms with van der Waals surface area (Å²) in [5.74, 6) is 1.85. The first-order chi connectivity index (χ1) is 13.2. The monoisotopic (exact) mass is 366 g/mol. The van der Waals surface area contributed by atoms with Crippen molar-refractivity contribution in [2.45, 2.75) is 13.3 Å². The molecule has 1 N–H and O–H groups in total. The van der Waals surface area contributed by atoms with Gasteiger partial charge in [0.15, 0.2) is 11.5 Å². The number of benzene rings is 1. The number of rotatable bonds is 5. The number of hydrogen-bond donors (Lipinski definition) is 1. The SMILES string of the molecule is CCOc1ccc(Nc2cc(N3CCCN(C)CC3)nn3ccnc23)cc1. The maximum absolute atomic E-state index is 5.52. The fraction of sp³-hybridized carbons (Fsp3) is 0.400. The van der Waals surface area contributed by atoms with Crippen molar-refractivity contribution < 1.29 is 4.74 Å². The van der Waals surface area contributed by atoms with Crippen molar-refractivity contribution in [1.82, 2.24) is 19.5 Å². The van der Waals surface area contributed by atoms with Gasteiger partial charge < -0.3 is 19.9 Å². The van der Waals surface area contributed by atoms with Gasteiger partial charge in [0.1, 0.15) is 5.75 Å². The van der Waals surface area contributed by atoms with Gasteiger partial charge in [0, 0.05) is 43.8 Å². The molecular weight excluding hydrogens is 340 g/mol. The highest BCUT2D eigenvalue weighted by atomic mass is 16.5. The van der Waals surface area contributed by atoms with Crippen LogP contribution in [-0.2, 0) is 0 Å². The zero-order valence-corrected chi connectivity index (χ0v) is 15.9. The molecule has 3 aromatic rings. The molecule has 4 rings (SSSR count). The van der Waals surface area contributed by atoms with Crippen LogP contribution in [0.5, 0.6) is 5.75 Å². The Labute approximate surface area is 159 Å². The third-order valence-corrected chi connectivity index (χ3v) is 4.83. The van der Waals surface area contributed by atoms with Crippen molar-refractivity contribution in [3.63, 3.8) is 0 Å². The van der Waals surface area contributed by atoms with Crippen molar-refractivity contribution in [1.29, 1.82) is 0 Å². The third-order valence-electron chi connectivity index (χ3n) is 4.83. The molecule has 7 heteroatoms. The topological polar surface area (TPSA) is 57.9 Å². The van der Waals surface area contributed by atoms with E-state index in [2.05, 4.69) is 33.2 Å². The lowest BCUT2D eigenvalue weighted by Gasteiger charge is -2.22. The van der Waals surface area contributed by atoms with E-state index in [1.54, 1.807) is 6.20 Å². The van der Waals surface area contributed by atoms with Gasteiger partial charge in [-0.3, -0.25) is 0 Å². The number of imidazole rings is 1. The van der Waals surface area contributed by atoms with Gasteiger partial charge in [-0.25, -0.2) is 9.50 Å². The minimum atomic E-state index is 0.667. The lowest BCUT2D eigenvalue weighted by Crippen LogP contribution is -2.29. The number of fused-ring (bicyclic) bond motifs is 1. The molecule has 0 radical (unpaired) electrons. The van der Waals surface area contributed by atoms with E-state index in [0.717, 1.165) is 61.2 Å². The van der Waals surface area contributed by atoms with Crippen LogP contribution in [0.15, 0.2) is 42.7 Å². The Hall–Kier alpha value is -2.80. The van der Waals surface area contributed by atoms with Crippen LogP contribution >= 0.6 is 0 Å². The first-order valence-electron chi connectivity index (χ1n) is 9.50. The number of likely N-dealkylation sites (N-methyl/N-ethyl adjacent to an activating group) is 1. The molecular formula is C20H26N6O. The van der Waals surface area contributed by atoms with Crippen LogP contribution in [0.4, 0.5) is 17.2 Å². The molecule has 1 aromatic carbocycles. The molecule has 0 atom stereocenters. The van der Waals surface area contributed by atoms with E-state index in [1.165, 1.54) is 0 Å². The highest BCUT2D eigenvalue weighted by Crippen LogP contribution is 2.26. The van der Waals surface area contributed by atoms with Crippen LogP contribution in [0, 0.1) is 0 Å². The summed E-state index contributed by atoms with van der Waals surface area (Å²) in [7, 11) is 2.18. The van der Waals surface area contributed by atoms with E-state index in [-0.39, 0.29) is 0 Å². The van der Waals surface area contributed by atoms with Crippen molar-refractivity contribution in [2.75, 3.05) is 50.1 Å². The molecule has 27 heavy (non-hydrogen) atoms. The molecule has 7 nitrogen and oxygen atoms in total. The molecule has 0 aliphatic carbocycles. The van der Waals surface area contributed by atoms with Crippen LogP contribution in [0.1, 0.15) is 13.3 Å². The Kier molecular flexibility index (Phi) is 5.11. The maximum atomic E-state index is 5.52. The van der Waals surface area contributed by atoms with Gasteiger partial charge in [0.25, 0.3) is 0 Å². The summed E-state index contributed by atoms with van der Waals surface area (Å²) in [4.78, 5) is 9.19. The average Bonchev–Trinajstić information content (AvgIpc) is 3.05. The van der Waals surface area contributed by atoms with Crippen LogP contribution in [0.2, 0.25) is 0 Å². The summed E-state index contributed by atoms with van der Waals surface area (Å²) in [5.41, 5.74) is 2.77. The molecule has 0 amide bonds. The second kappa shape index (κ2) is 7.84. The molecule has 1 saturated heterocycles. The van der Waals surface area contributed by atoms with E-state index in [1.807, 2.05) is 41.9 Å². The quantitative estimate of drug-likeness (QED) is 0.749. The lowest BCUT2D eigenvalue weighted by atomic mass is 10.3.